The number of rotatable bonds is 2. The zero-order valence-electron chi connectivity index (χ0n) is 18.3. The van der Waals surface area contributed by atoms with Gasteiger partial charge in [0, 0.05) is 20.8 Å². The fourth-order valence-corrected chi connectivity index (χ4v) is 5.34. The van der Waals surface area contributed by atoms with Crippen LogP contribution >= 0.6 is 15.9 Å². The van der Waals surface area contributed by atoms with Gasteiger partial charge in [-0.1, -0.05) is 88.7 Å². The van der Waals surface area contributed by atoms with E-state index >= 15 is 0 Å². The van der Waals surface area contributed by atoms with E-state index < -0.39 is 0 Å². The second-order valence-corrected chi connectivity index (χ2v) is 9.68. The van der Waals surface area contributed by atoms with Crippen LogP contribution in [0, 0.1) is 0 Å². The summed E-state index contributed by atoms with van der Waals surface area (Å²) in [4.78, 5) is 0. The van der Waals surface area contributed by atoms with Gasteiger partial charge in [0.05, 0.1) is 0 Å². The molecule has 0 aliphatic carbocycles. The molecule has 0 atom stereocenters. The van der Waals surface area contributed by atoms with Gasteiger partial charge < -0.3 is 4.42 Å². The lowest BCUT2D eigenvalue weighted by Crippen LogP contribution is -1.85. The van der Waals surface area contributed by atoms with E-state index in [2.05, 4.69) is 119 Å². The number of benzene rings is 6. The third-order valence-electron chi connectivity index (χ3n) is 6.67. The van der Waals surface area contributed by atoms with Crippen molar-refractivity contribution in [3.8, 4) is 22.3 Å². The molecule has 0 N–H and O–H groups in total. The van der Waals surface area contributed by atoms with Crippen molar-refractivity contribution in [2.45, 2.75) is 0 Å². The van der Waals surface area contributed by atoms with Crippen molar-refractivity contribution >= 4 is 59.4 Å². The second kappa shape index (κ2) is 7.58. The molecule has 0 amide bonds. The molecule has 7 rings (SSSR count). The molecule has 1 nitrogen and oxygen atoms in total. The summed E-state index contributed by atoms with van der Waals surface area (Å²) in [5.41, 5.74) is 6.51. The van der Waals surface area contributed by atoms with E-state index in [1.54, 1.807) is 0 Å². The summed E-state index contributed by atoms with van der Waals surface area (Å²) >= 11 is 3.59. The highest BCUT2D eigenvalue weighted by atomic mass is 79.9. The van der Waals surface area contributed by atoms with E-state index in [1.807, 2.05) is 12.1 Å². The number of para-hydroxylation sites is 1. The highest BCUT2D eigenvalue weighted by Crippen LogP contribution is 2.40. The molecule has 34 heavy (non-hydrogen) atoms. The highest BCUT2D eigenvalue weighted by Gasteiger charge is 2.15. The molecule has 0 saturated heterocycles. The van der Waals surface area contributed by atoms with Crippen LogP contribution in [0.2, 0.25) is 0 Å². The largest absolute Gasteiger partial charge is 0.455 e. The van der Waals surface area contributed by atoms with E-state index in [0.29, 0.717) is 0 Å². The van der Waals surface area contributed by atoms with Gasteiger partial charge in [0.25, 0.3) is 0 Å². The predicted octanol–water partition coefficient (Wildman–Crippen LogP) is 9.99. The first-order chi connectivity index (χ1) is 16.7. The average molecular weight is 499 g/mol. The van der Waals surface area contributed by atoms with Crippen LogP contribution in [0.25, 0.3) is 65.7 Å². The summed E-state index contributed by atoms with van der Waals surface area (Å²) in [6.07, 6.45) is 0. The molecule has 0 fully saturated rings. The summed E-state index contributed by atoms with van der Waals surface area (Å²) in [7, 11) is 0. The number of halogens is 1. The number of hydrogen-bond acceptors (Lipinski definition) is 1. The van der Waals surface area contributed by atoms with Crippen molar-refractivity contribution in [1.82, 2.24) is 0 Å². The maximum Gasteiger partial charge on any atom is 0.143 e. The van der Waals surface area contributed by atoms with Crippen molar-refractivity contribution in [3.05, 3.63) is 120 Å². The van der Waals surface area contributed by atoms with Gasteiger partial charge >= 0.3 is 0 Å². The van der Waals surface area contributed by atoms with Gasteiger partial charge in [-0.3, -0.25) is 0 Å². The van der Waals surface area contributed by atoms with E-state index in [1.165, 1.54) is 32.7 Å². The Hall–Kier alpha value is -3.88. The van der Waals surface area contributed by atoms with Crippen LogP contribution in [0.3, 0.4) is 0 Å². The minimum absolute atomic E-state index is 0.916. The number of hydrogen-bond donors (Lipinski definition) is 0. The molecule has 1 aromatic heterocycles. The van der Waals surface area contributed by atoms with Crippen LogP contribution in [0.5, 0.6) is 0 Å². The topological polar surface area (TPSA) is 13.1 Å². The normalized spacial score (nSPS) is 11.7. The van der Waals surface area contributed by atoms with Crippen LogP contribution < -0.4 is 0 Å². The Balaban J connectivity index is 1.53. The zero-order valence-corrected chi connectivity index (χ0v) is 19.8. The van der Waals surface area contributed by atoms with Gasteiger partial charge in [-0.15, -0.1) is 0 Å². The minimum Gasteiger partial charge on any atom is -0.455 e. The second-order valence-electron chi connectivity index (χ2n) is 8.77. The van der Waals surface area contributed by atoms with Crippen molar-refractivity contribution in [3.63, 3.8) is 0 Å². The molecular weight excluding hydrogens is 480 g/mol. The highest BCUT2D eigenvalue weighted by molar-refractivity contribution is 9.10. The molecule has 0 radical (unpaired) electrons. The van der Waals surface area contributed by atoms with Gasteiger partial charge in [-0.05, 0) is 80.7 Å². The summed E-state index contributed by atoms with van der Waals surface area (Å²) in [6.45, 7) is 0. The molecule has 6 aromatic carbocycles. The fourth-order valence-electron chi connectivity index (χ4n) is 4.96. The maximum atomic E-state index is 6.42. The first-order valence-corrected chi connectivity index (χ1v) is 12.2. The molecular formula is C32H19BrO. The lowest BCUT2D eigenvalue weighted by molar-refractivity contribution is 0.670. The quantitative estimate of drug-likeness (QED) is 0.231. The zero-order chi connectivity index (χ0) is 22.6. The van der Waals surface area contributed by atoms with Crippen molar-refractivity contribution < 1.29 is 4.42 Å². The van der Waals surface area contributed by atoms with Crippen LogP contribution in [-0.4, -0.2) is 0 Å². The molecule has 1 heterocycles. The first kappa shape index (κ1) is 19.6. The maximum absolute atomic E-state index is 6.42. The van der Waals surface area contributed by atoms with Crippen molar-refractivity contribution in [2.24, 2.45) is 0 Å². The van der Waals surface area contributed by atoms with E-state index in [-0.39, 0.29) is 0 Å². The summed E-state index contributed by atoms with van der Waals surface area (Å²) in [5, 5.41) is 7.21. The molecule has 0 aliphatic heterocycles. The van der Waals surface area contributed by atoms with Crippen LogP contribution in [0.15, 0.2) is 124 Å². The fraction of sp³-hybridized carbons (Fsp3) is 0. The minimum atomic E-state index is 0.916. The van der Waals surface area contributed by atoms with Gasteiger partial charge in [-0.2, -0.15) is 0 Å². The molecule has 160 valence electrons. The van der Waals surface area contributed by atoms with E-state index in [9.17, 15) is 0 Å². The monoisotopic (exact) mass is 498 g/mol. The number of furan rings is 1. The molecule has 0 bridgehead atoms. The summed E-state index contributed by atoms with van der Waals surface area (Å²) in [6, 6.07) is 41.1. The standard InChI is InChI=1S/C32H19BrO/c33-27-14-13-22-16-25(12-11-24(22)17-27)29-18-26(23-10-9-20-5-1-2-6-21(20)15-23)19-30-28-7-3-4-8-31(28)34-32(29)30/h1-19H. The SMILES string of the molecule is Brc1ccc2cc(-c3cc(-c4ccc5ccccc5c4)cc4c3oc3ccccc34)ccc2c1. The predicted molar refractivity (Wildman–Crippen MR) is 147 cm³/mol. The average Bonchev–Trinajstić information content (AvgIpc) is 3.26. The van der Waals surface area contributed by atoms with Crippen molar-refractivity contribution in [2.75, 3.05) is 0 Å². The Bertz CT molecular complexity index is 1880. The van der Waals surface area contributed by atoms with Crippen LogP contribution in [0.1, 0.15) is 0 Å². The van der Waals surface area contributed by atoms with Crippen molar-refractivity contribution in [1.29, 1.82) is 0 Å². The third kappa shape index (κ3) is 3.14. The van der Waals surface area contributed by atoms with Gasteiger partial charge in [-0.25, -0.2) is 0 Å². The van der Waals surface area contributed by atoms with Crippen LogP contribution in [-0.2, 0) is 0 Å². The van der Waals surface area contributed by atoms with Gasteiger partial charge in [0.15, 0.2) is 0 Å². The Morgan fingerprint density at radius 2 is 1.15 bits per heavy atom. The third-order valence-corrected chi connectivity index (χ3v) is 7.17. The summed E-state index contributed by atoms with van der Waals surface area (Å²) < 4.78 is 7.51. The Morgan fingerprint density at radius 3 is 2.09 bits per heavy atom. The molecule has 0 unspecified atom stereocenters. The summed E-state index contributed by atoms with van der Waals surface area (Å²) in [5.74, 6) is 0. The lowest BCUT2D eigenvalue weighted by Gasteiger charge is -2.10. The van der Waals surface area contributed by atoms with E-state index in [0.717, 1.165) is 37.5 Å². The van der Waals surface area contributed by atoms with Gasteiger partial charge in [0.1, 0.15) is 11.2 Å². The molecule has 7 aromatic rings. The Kier molecular flexibility index (Phi) is 4.36. The Labute approximate surface area is 205 Å². The molecule has 2 heteroatoms. The smallest absolute Gasteiger partial charge is 0.143 e. The lowest BCUT2D eigenvalue weighted by atomic mass is 9.93. The van der Waals surface area contributed by atoms with Gasteiger partial charge in [0.2, 0.25) is 0 Å². The first-order valence-electron chi connectivity index (χ1n) is 11.4. The van der Waals surface area contributed by atoms with Crippen LogP contribution in [0.4, 0.5) is 0 Å². The molecule has 0 saturated carbocycles. The van der Waals surface area contributed by atoms with E-state index in [4.69, 9.17) is 4.42 Å². The molecule has 0 spiro atoms. The molecule has 0 aliphatic rings. The Morgan fingerprint density at radius 1 is 0.471 bits per heavy atom. The number of fused-ring (bicyclic) bond motifs is 5.